The van der Waals surface area contributed by atoms with Gasteiger partial charge in [-0.1, -0.05) is 29.5 Å². The number of aromatic hydroxyl groups is 2. The summed E-state index contributed by atoms with van der Waals surface area (Å²) in [5, 5.41) is 22.2. The van der Waals surface area contributed by atoms with E-state index < -0.39 is 9.84 Å². The summed E-state index contributed by atoms with van der Waals surface area (Å²) in [4.78, 5) is 14.0. The standard InChI is InChI=1S/C22H28N2O6S2/c25-18-5-2-16(3-6-18)9-13-30-12-1-14-32(28,29)15-11-23-10-8-17-4-7-19(26)20-21(17)31-22(27)24-20/h2-7,23,25-26H,1,8-15H2,(H,24,27). The van der Waals surface area contributed by atoms with Crippen LogP contribution in [0.4, 0.5) is 0 Å². The summed E-state index contributed by atoms with van der Waals surface area (Å²) in [6, 6.07) is 10.3. The maximum atomic E-state index is 12.2. The van der Waals surface area contributed by atoms with Crippen LogP contribution in [0.5, 0.6) is 11.5 Å². The van der Waals surface area contributed by atoms with Crippen molar-refractivity contribution in [3.05, 3.63) is 57.2 Å². The summed E-state index contributed by atoms with van der Waals surface area (Å²) < 4.78 is 30.6. The lowest BCUT2D eigenvalue weighted by atomic mass is 10.1. The molecule has 0 saturated heterocycles. The second-order valence-electron chi connectivity index (χ2n) is 7.50. The lowest BCUT2D eigenvalue weighted by Crippen LogP contribution is -2.26. The Morgan fingerprint density at radius 2 is 1.75 bits per heavy atom. The Balaban J connectivity index is 1.29. The normalized spacial score (nSPS) is 11.9. The van der Waals surface area contributed by atoms with Crippen molar-refractivity contribution in [2.24, 2.45) is 0 Å². The SMILES string of the molecule is O=c1[nH]c2c(O)ccc(CCNCCS(=O)(=O)CCCOCCc3ccc(O)cc3)c2s1. The summed E-state index contributed by atoms with van der Waals surface area (Å²) in [5.41, 5.74) is 2.44. The second-order valence-corrected chi connectivity index (χ2v) is 10.8. The molecule has 0 amide bonds. The first kappa shape index (κ1) is 24.2. The van der Waals surface area contributed by atoms with Gasteiger partial charge in [0.25, 0.3) is 0 Å². The molecular weight excluding hydrogens is 452 g/mol. The van der Waals surface area contributed by atoms with E-state index in [0.717, 1.165) is 27.2 Å². The third-order valence-electron chi connectivity index (χ3n) is 5.02. The van der Waals surface area contributed by atoms with Crippen molar-refractivity contribution in [3.8, 4) is 11.5 Å². The zero-order chi connectivity index (χ0) is 23.0. The van der Waals surface area contributed by atoms with Crippen LogP contribution in [0.1, 0.15) is 17.5 Å². The fourth-order valence-electron chi connectivity index (χ4n) is 3.28. The van der Waals surface area contributed by atoms with Crippen LogP contribution in [0.25, 0.3) is 10.2 Å². The number of hydrogen-bond acceptors (Lipinski definition) is 8. The molecule has 3 rings (SSSR count). The number of aromatic amines is 1. The first-order valence-corrected chi connectivity index (χ1v) is 13.1. The van der Waals surface area contributed by atoms with Crippen LogP contribution in [0, 0.1) is 0 Å². The van der Waals surface area contributed by atoms with E-state index in [-0.39, 0.29) is 27.9 Å². The van der Waals surface area contributed by atoms with Gasteiger partial charge in [0.15, 0.2) is 9.84 Å². The van der Waals surface area contributed by atoms with E-state index in [9.17, 15) is 23.4 Å². The highest BCUT2D eigenvalue weighted by atomic mass is 32.2. The van der Waals surface area contributed by atoms with Gasteiger partial charge in [0, 0.05) is 13.2 Å². The number of fused-ring (bicyclic) bond motifs is 1. The van der Waals surface area contributed by atoms with Gasteiger partial charge in [-0.15, -0.1) is 0 Å². The number of sulfone groups is 1. The number of thiazole rings is 1. The number of nitrogens with one attached hydrogen (secondary N) is 2. The number of phenols is 2. The van der Waals surface area contributed by atoms with Gasteiger partial charge >= 0.3 is 4.87 Å². The lowest BCUT2D eigenvalue weighted by molar-refractivity contribution is 0.138. The van der Waals surface area contributed by atoms with Crippen molar-refractivity contribution in [1.82, 2.24) is 10.3 Å². The van der Waals surface area contributed by atoms with E-state index in [1.807, 2.05) is 12.1 Å². The van der Waals surface area contributed by atoms with E-state index in [1.165, 1.54) is 0 Å². The fourth-order valence-corrected chi connectivity index (χ4v) is 5.40. The molecule has 1 heterocycles. The van der Waals surface area contributed by atoms with Crippen molar-refractivity contribution < 1.29 is 23.4 Å². The molecule has 0 radical (unpaired) electrons. The monoisotopic (exact) mass is 480 g/mol. The van der Waals surface area contributed by atoms with Crippen molar-refractivity contribution in [3.63, 3.8) is 0 Å². The van der Waals surface area contributed by atoms with Crippen molar-refractivity contribution in [1.29, 1.82) is 0 Å². The van der Waals surface area contributed by atoms with Crippen LogP contribution in [-0.4, -0.2) is 61.4 Å². The number of phenolic OH excluding ortho intramolecular Hbond substituents is 2. The predicted octanol–water partition coefficient (Wildman–Crippen LogP) is 2.20. The molecule has 32 heavy (non-hydrogen) atoms. The van der Waals surface area contributed by atoms with Crippen LogP contribution < -0.4 is 10.2 Å². The van der Waals surface area contributed by atoms with Gasteiger partial charge < -0.3 is 25.3 Å². The minimum Gasteiger partial charge on any atom is -0.508 e. The fraction of sp³-hybridized carbons (Fsp3) is 0.409. The zero-order valence-electron chi connectivity index (χ0n) is 17.7. The Morgan fingerprint density at radius 3 is 2.53 bits per heavy atom. The van der Waals surface area contributed by atoms with Gasteiger partial charge in [-0.2, -0.15) is 0 Å². The van der Waals surface area contributed by atoms with Crippen molar-refractivity contribution in [2.45, 2.75) is 19.3 Å². The molecule has 0 spiro atoms. The number of rotatable bonds is 13. The highest BCUT2D eigenvalue weighted by molar-refractivity contribution is 7.91. The average molecular weight is 481 g/mol. The molecule has 0 bridgehead atoms. The van der Waals surface area contributed by atoms with Gasteiger partial charge in [-0.3, -0.25) is 4.79 Å². The van der Waals surface area contributed by atoms with Gasteiger partial charge in [0.05, 0.1) is 22.8 Å². The second kappa shape index (κ2) is 11.5. The van der Waals surface area contributed by atoms with Gasteiger partial charge in [-0.25, -0.2) is 8.42 Å². The highest BCUT2D eigenvalue weighted by Gasteiger charge is 2.11. The summed E-state index contributed by atoms with van der Waals surface area (Å²) in [7, 11) is -3.16. The maximum absolute atomic E-state index is 12.2. The van der Waals surface area contributed by atoms with E-state index in [2.05, 4.69) is 10.3 Å². The molecule has 0 aliphatic heterocycles. The molecule has 0 aliphatic carbocycles. The van der Waals surface area contributed by atoms with E-state index >= 15 is 0 Å². The highest BCUT2D eigenvalue weighted by Crippen LogP contribution is 2.27. The molecule has 0 atom stereocenters. The third kappa shape index (κ3) is 7.33. The average Bonchev–Trinajstić information content (AvgIpc) is 3.15. The lowest BCUT2D eigenvalue weighted by Gasteiger charge is -2.08. The molecule has 0 unspecified atom stereocenters. The first-order chi connectivity index (χ1) is 15.3. The van der Waals surface area contributed by atoms with Gasteiger partial charge in [-0.05, 0) is 55.1 Å². The molecule has 0 saturated carbocycles. The Morgan fingerprint density at radius 1 is 0.969 bits per heavy atom. The molecule has 174 valence electrons. The Hall–Kier alpha value is -2.40. The van der Waals surface area contributed by atoms with E-state index in [1.54, 1.807) is 24.3 Å². The van der Waals surface area contributed by atoms with Crippen LogP contribution in [0.15, 0.2) is 41.2 Å². The minimum atomic E-state index is -3.16. The molecule has 4 N–H and O–H groups in total. The molecule has 1 aromatic heterocycles. The Bertz CT molecular complexity index is 1170. The topological polar surface area (TPSA) is 129 Å². The van der Waals surface area contributed by atoms with Crippen LogP contribution in [-0.2, 0) is 27.4 Å². The summed E-state index contributed by atoms with van der Waals surface area (Å²) in [6.07, 6.45) is 1.79. The summed E-state index contributed by atoms with van der Waals surface area (Å²) in [5.74, 6) is 0.420. The van der Waals surface area contributed by atoms with E-state index in [0.29, 0.717) is 51.1 Å². The number of hydrogen-bond donors (Lipinski definition) is 4. The van der Waals surface area contributed by atoms with Crippen molar-refractivity contribution >= 4 is 31.4 Å². The maximum Gasteiger partial charge on any atom is 0.305 e. The van der Waals surface area contributed by atoms with Crippen LogP contribution in [0.3, 0.4) is 0 Å². The molecular formula is C22H28N2O6S2. The summed E-state index contributed by atoms with van der Waals surface area (Å²) in [6.45, 7) is 1.82. The molecule has 3 aromatic rings. The Labute approximate surface area is 190 Å². The Kier molecular flexibility index (Phi) is 8.68. The molecule has 8 nitrogen and oxygen atoms in total. The third-order valence-corrected chi connectivity index (χ3v) is 7.71. The van der Waals surface area contributed by atoms with E-state index in [4.69, 9.17) is 4.74 Å². The zero-order valence-corrected chi connectivity index (χ0v) is 19.3. The quantitative estimate of drug-likeness (QED) is 0.276. The number of benzene rings is 2. The van der Waals surface area contributed by atoms with Crippen molar-refractivity contribution in [2.75, 3.05) is 37.8 Å². The molecule has 2 aromatic carbocycles. The largest absolute Gasteiger partial charge is 0.508 e. The number of H-pyrrole nitrogens is 1. The molecule has 10 heteroatoms. The molecule has 0 fully saturated rings. The smallest absolute Gasteiger partial charge is 0.305 e. The van der Waals surface area contributed by atoms with Crippen LogP contribution >= 0.6 is 11.3 Å². The summed E-state index contributed by atoms with van der Waals surface area (Å²) >= 11 is 1.06. The first-order valence-electron chi connectivity index (χ1n) is 10.4. The van der Waals surface area contributed by atoms with Gasteiger partial charge in [0.2, 0.25) is 0 Å². The molecule has 0 aliphatic rings. The van der Waals surface area contributed by atoms with Gasteiger partial charge in [0.1, 0.15) is 17.0 Å². The minimum absolute atomic E-state index is 0.0467. The number of aromatic nitrogens is 1. The van der Waals surface area contributed by atoms with Crippen LogP contribution in [0.2, 0.25) is 0 Å². The predicted molar refractivity (Wildman–Crippen MR) is 127 cm³/mol. The number of ether oxygens (including phenoxy) is 1.